The van der Waals surface area contributed by atoms with Crippen LogP contribution in [0.4, 0.5) is 0 Å². The topological polar surface area (TPSA) is 44.8 Å². The van der Waals surface area contributed by atoms with Crippen molar-refractivity contribution in [3.05, 3.63) is 0 Å². The van der Waals surface area contributed by atoms with Gasteiger partial charge >= 0.3 is 0 Å². The highest BCUT2D eigenvalue weighted by Crippen LogP contribution is 2.20. The zero-order valence-corrected chi connectivity index (χ0v) is 12.2. The Morgan fingerprint density at radius 1 is 1.42 bits per heavy atom. The van der Waals surface area contributed by atoms with Crippen LogP contribution < -0.4 is 5.32 Å². The minimum absolute atomic E-state index is 0.206. The number of amides is 1. The van der Waals surface area contributed by atoms with Crippen molar-refractivity contribution in [2.45, 2.75) is 25.3 Å². The third-order valence-corrected chi connectivity index (χ3v) is 4.24. The largest absolute Gasteiger partial charge is 0.377 e. The first kappa shape index (κ1) is 14.8. The molecule has 19 heavy (non-hydrogen) atoms. The molecule has 5 heteroatoms. The van der Waals surface area contributed by atoms with Gasteiger partial charge < -0.3 is 19.9 Å². The Morgan fingerprint density at radius 3 is 2.95 bits per heavy atom. The molecule has 0 spiro atoms. The van der Waals surface area contributed by atoms with Crippen molar-refractivity contribution in [1.82, 2.24) is 15.1 Å². The fraction of sp³-hybridized carbons (Fsp3) is 0.929. The smallest absolute Gasteiger partial charge is 0.223 e. The Hall–Kier alpha value is -0.650. The normalized spacial score (nSPS) is 28.8. The van der Waals surface area contributed by atoms with E-state index in [4.69, 9.17) is 4.74 Å². The monoisotopic (exact) mass is 269 g/mol. The molecule has 0 radical (unpaired) electrons. The van der Waals surface area contributed by atoms with E-state index in [-0.39, 0.29) is 6.04 Å². The van der Waals surface area contributed by atoms with Crippen LogP contribution in [0.1, 0.15) is 19.3 Å². The van der Waals surface area contributed by atoms with Crippen LogP contribution in [0.2, 0.25) is 0 Å². The molecule has 2 aliphatic rings. The maximum Gasteiger partial charge on any atom is 0.223 e. The molecule has 0 saturated carbocycles. The molecule has 0 bridgehead atoms. The third kappa shape index (κ3) is 4.16. The van der Waals surface area contributed by atoms with Crippen molar-refractivity contribution >= 4 is 5.91 Å². The minimum Gasteiger partial charge on any atom is -0.377 e. The number of rotatable bonds is 5. The number of carbonyl (C=O) groups is 1. The van der Waals surface area contributed by atoms with Crippen LogP contribution in [-0.4, -0.2) is 75.2 Å². The quantitative estimate of drug-likeness (QED) is 0.772. The molecular weight excluding hydrogens is 242 g/mol. The summed E-state index contributed by atoms with van der Waals surface area (Å²) in [5, 5.41) is 3.14. The maximum absolute atomic E-state index is 12.4. The maximum atomic E-state index is 12.4. The van der Waals surface area contributed by atoms with Crippen LogP contribution in [0, 0.1) is 5.92 Å². The van der Waals surface area contributed by atoms with Crippen LogP contribution >= 0.6 is 0 Å². The highest BCUT2D eigenvalue weighted by molar-refractivity contribution is 5.76. The lowest BCUT2D eigenvalue weighted by atomic mass is 10.0. The molecule has 0 aromatic carbocycles. The zero-order valence-electron chi connectivity index (χ0n) is 12.2. The number of morpholine rings is 1. The molecule has 2 rings (SSSR count). The fourth-order valence-corrected chi connectivity index (χ4v) is 3.12. The molecule has 110 valence electrons. The first-order valence-electron chi connectivity index (χ1n) is 7.41. The number of hydrogen-bond donors (Lipinski definition) is 1. The molecule has 5 nitrogen and oxygen atoms in total. The Balaban J connectivity index is 1.77. The SMILES string of the molecule is CNCC1COCCN1C(=O)CCC1CCN(C)C1. The number of hydrogen-bond acceptors (Lipinski definition) is 4. The number of ether oxygens (including phenoxy) is 1. The van der Waals surface area contributed by atoms with Crippen molar-refractivity contribution in [2.75, 3.05) is 53.5 Å². The first-order valence-corrected chi connectivity index (χ1v) is 7.41. The van der Waals surface area contributed by atoms with Gasteiger partial charge in [0, 0.05) is 26.1 Å². The average molecular weight is 269 g/mol. The third-order valence-electron chi connectivity index (χ3n) is 4.24. The number of likely N-dealkylation sites (tertiary alicyclic amines) is 1. The highest BCUT2D eigenvalue weighted by Gasteiger charge is 2.27. The molecule has 2 heterocycles. The highest BCUT2D eigenvalue weighted by atomic mass is 16.5. The van der Waals surface area contributed by atoms with Crippen LogP contribution in [-0.2, 0) is 9.53 Å². The van der Waals surface area contributed by atoms with Crippen molar-refractivity contribution in [2.24, 2.45) is 5.92 Å². The summed E-state index contributed by atoms with van der Waals surface area (Å²) in [5.41, 5.74) is 0. The van der Waals surface area contributed by atoms with Crippen molar-refractivity contribution in [3.8, 4) is 0 Å². The average Bonchev–Trinajstić information content (AvgIpc) is 2.83. The van der Waals surface area contributed by atoms with E-state index in [9.17, 15) is 4.79 Å². The summed E-state index contributed by atoms with van der Waals surface area (Å²) in [6.07, 6.45) is 2.97. The van der Waals surface area contributed by atoms with Crippen molar-refractivity contribution in [1.29, 1.82) is 0 Å². The second kappa shape index (κ2) is 7.22. The van der Waals surface area contributed by atoms with E-state index in [0.29, 0.717) is 31.5 Å². The van der Waals surface area contributed by atoms with Crippen LogP contribution in [0.3, 0.4) is 0 Å². The molecule has 2 saturated heterocycles. The van der Waals surface area contributed by atoms with E-state index in [1.54, 1.807) is 0 Å². The van der Waals surface area contributed by atoms with Gasteiger partial charge in [0.1, 0.15) is 0 Å². The molecule has 0 aliphatic carbocycles. The number of carbonyl (C=O) groups excluding carboxylic acids is 1. The lowest BCUT2D eigenvalue weighted by molar-refractivity contribution is -0.139. The zero-order chi connectivity index (χ0) is 13.7. The molecular formula is C14H27N3O2. The minimum atomic E-state index is 0.206. The van der Waals surface area contributed by atoms with Gasteiger partial charge in [-0.25, -0.2) is 0 Å². The van der Waals surface area contributed by atoms with Gasteiger partial charge in [-0.1, -0.05) is 0 Å². The molecule has 2 unspecified atom stereocenters. The van der Waals surface area contributed by atoms with Gasteiger partial charge in [0.2, 0.25) is 5.91 Å². The Labute approximate surface area is 116 Å². The summed E-state index contributed by atoms with van der Waals surface area (Å²) < 4.78 is 5.47. The molecule has 1 N–H and O–H groups in total. The number of nitrogens with zero attached hydrogens (tertiary/aromatic N) is 2. The van der Waals surface area contributed by atoms with E-state index in [2.05, 4.69) is 17.3 Å². The molecule has 2 fully saturated rings. The number of likely N-dealkylation sites (N-methyl/N-ethyl adjacent to an activating group) is 1. The first-order chi connectivity index (χ1) is 9.20. The molecule has 1 amide bonds. The van der Waals surface area contributed by atoms with Gasteiger partial charge in [-0.2, -0.15) is 0 Å². The Bertz CT molecular complexity index is 296. The van der Waals surface area contributed by atoms with Gasteiger partial charge in [0.05, 0.1) is 19.3 Å². The van der Waals surface area contributed by atoms with E-state index in [1.807, 2.05) is 11.9 Å². The van der Waals surface area contributed by atoms with E-state index in [1.165, 1.54) is 13.0 Å². The van der Waals surface area contributed by atoms with Crippen LogP contribution in [0.5, 0.6) is 0 Å². The van der Waals surface area contributed by atoms with E-state index < -0.39 is 0 Å². The van der Waals surface area contributed by atoms with Gasteiger partial charge in [-0.05, 0) is 39.4 Å². The second-order valence-electron chi connectivity index (χ2n) is 5.83. The summed E-state index contributed by atoms with van der Waals surface area (Å²) in [4.78, 5) is 16.7. The van der Waals surface area contributed by atoms with Gasteiger partial charge in [0.15, 0.2) is 0 Å². The van der Waals surface area contributed by atoms with Crippen LogP contribution in [0.15, 0.2) is 0 Å². The Morgan fingerprint density at radius 2 is 2.26 bits per heavy atom. The lowest BCUT2D eigenvalue weighted by Gasteiger charge is -2.35. The summed E-state index contributed by atoms with van der Waals surface area (Å²) in [6.45, 7) is 5.24. The standard InChI is InChI=1S/C14H27N3O2/c1-15-9-13-11-19-8-7-17(13)14(18)4-3-12-5-6-16(2)10-12/h12-13,15H,3-11H2,1-2H3. The van der Waals surface area contributed by atoms with Crippen LogP contribution in [0.25, 0.3) is 0 Å². The van der Waals surface area contributed by atoms with Crippen molar-refractivity contribution < 1.29 is 9.53 Å². The summed E-state index contributed by atoms with van der Waals surface area (Å²) in [6, 6.07) is 0.206. The predicted molar refractivity (Wildman–Crippen MR) is 75.1 cm³/mol. The summed E-state index contributed by atoms with van der Waals surface area (Å²) in [5.74, 6) is 1.01. The van der Waals surface area contributed by atoms with Crippen molar-refractivity contribution in [3.63, 3.8) is 0 Å². The predicted octanol–water partition coefficient (Wildman–Crippen LogP) is 0.165. The lowest BCUT2D eigenvalue weighted by Crippen LogP contribution is -2.52. The van der Waals surface area contributed by atoms with Gasteiger partial charge in [0.25, 0.3) is 0 Å². The summed E-state index contributed by atoms with van der Waals surface area (Å²) >= 11 is 0. The second-order valence-corrected chi connectivity index (χ2v) is 5.83. The van der Waals surface area contributed by atoms with E-state index in [0.717, 1.165) is 26.1 Å². The van der Waals surface area contributed by atoms with E-state index >= 15 is 0 Å². The fourth-order valence-electron chi connectivity index (χ4n) is 3.12. The molecule has 0 aromatic rings. The van der Waals surface area contributed by atoms with Gasteiger partial charge in [-0.3, -0.25) is 4.79 Å². The molecule has 2 atom stereocenters. The van der Waals surface area contributed by atoms with Gasteiger partial charge in [-0.15, -0.1) is 0 Å². The number of nitrogens with one attached hydrogen (secondary N) is 1. The molecule has 0 aromatic heterocycles. The summed E-state index contributed by atoms with van der Waals surface area (Å²) in [7, 11) is 4.08. The Kier molecular flexibility index (Phi) is 5.60. The molecule has 2 aliphatic heterocycles.